The summed E-state index contributed by atoms with van der Waals surface area (Å²) < 4.78 is 16.9. The minimum absolute atomic E-state index is 0.104. The molecule has 0 aliphatic rings. The average Bonchev–Trinajstić information content (AvgIpc) is 2.64. The minimum atomic E-state index is -0.104. The maximum absolute atomic E-state index is 6.45. The van der Waals surface area contributed by atoms with E-state index in [2.05, 4.69) is 13.8 Å². The van der Waals surface area contributed by atoms with Gasteiger partial charge in [0.1, 0.15) is 12.4 Å². The Kier molecular flexibility index (Phi) is 7.14. The first-order valence-corrected chi connectivity index (χ1v) is 8.73. The van der Waals surface area contributed by atoms with Crippen molar-refractivity contribution in [2.45, 2.75) is 39.3 Å². The van der Waals surface area contributed by atoms with E-state index in [9.17, 15) is 0 Å². The van der Waals surface area contributed by atoms with Crippen LogP contribution in [0.4, 0.5) is 0 Å². The van der Waals surface area contributed by atoms with Crippen molar-refractivity contribution in [1.29, 1.82) is 0 Å². The van der Waals surface area contributed by atoms with E-state index in [1.807, 2.05) is 42.5 Å². The first-order chi connectivity index (χ1) is 12.0. The molecule has 0 spiro atoms. The third-order valence-electron chi connectivity index (χ3n) is 4.21. The van der Waals surface area contributed by atoms with Gasteiger partial charge < -0.3 is 19.9 Å². The lowest BCUT2D eigenvalue weighted by Gasteiger charge is -2.20. The zero-order valence-electron chi connectivity index (χ0n) is 15.6. The quantitative estimate of drug-likeness (QED) is 0.716. The third kappa shape index (κ3) is 5.40. The lowest BCUT2D eigenvalue weighted by atomic mass is 9.97. The molecule has 0 fully saturated rings. The molecular formula is C21H29NO3. The van der Waals surface area contributed by atoms with Gasteiger partial charge in [-0.2, -0.15) is 0 Å². The molecule has 0 aromatic heterocycles. The van der Waals surface area contributed by atoms with Crippen molar-refractivity contribution in [1.82, 2.24) is 0 Å². The molecule has 0 bridgehead atoms. The standard InChI is InChI=1S/C21H29NO3/c1-15(2)10-11-18(22)17-12-20(23-3)21(24-4)13-19(17)25-14-16-8-6-5-7-9-16/h5-9,12-13,15,18H,10-11,14,22H2,1-4H3/t18-/m0/s1. The van der Waals surface area contributed by atoms with Crippen LogP contribution in [-0.4, -0.2) is 14.2 Å². The summed E-state index contributed by atoms with van der Waals surface area (Å²) in [5.74, 6) is 2.67. The van der Waals surface area contributed by atoms with Gasteiger partial charge in [-0.1, -0.05) is 44.2 Å². The molecule has 1 atom stereocenters. The Morgan fingerprint density at radius 3 is 2.12 bits per heavy atom. The predicted octanol–water partition coefficient (Wildman–Crippen LogP) is 4.72. The Hall–Kier alpha value is -2.20. The summed E-state index contributed by atoms with van der Waals surface area (Å²) in [6.07, 6.45) is 1.96. The van der Waals surface area contributed by atoms with Gasteiger partial charge in [0.15, 0.2) is 11.5 Å². The largest absolute Gasteiger partial charge is 0.493 e. The van der Waals surface area contributed by atoms with Crippen LogP contribution in [0.1, 0.15) is 43.9 Å². The highest BCUT2D eigenvalue weighted by molar-refractivity contribution is 5.51. The summed E-state index contributed by atoms with van der Waals surface area (Å²) in [5.41, 5.74) is 8.51. The van der Waals surface area contributed by atoms with Crippen molar-refractivity contribution < 1.29 is 14.2 Å². The topological polar surface area (TPSA) is 53.7 Å². The van der Waals surface area contributed by atoms with Crippen LogP contribution in [0.25, 0.3) is 0 Å². The van der Waals surface area contributed by atoms with Crippen molar-refractivity contribution in [2.24, 2.45) is 11.7 Å². The molecular weight excluding hydrogens is 314 g/mol. The second kappa shape index (κ2) is 9.33. The van der Waals surface area contributed by atoms with E-state index in [1.165, 1.54) is 0 Å². The van der Waals surface area contributed by atoms with Crippen LogP contribution in [0.5, 0.6) is 17.2 Å². The number of hydrogen-bond acceptors (Lipinski definition) is 4. The smallest absolute Gasteiger partial charge is 0.164 e. The molecule has 2 N–H and O–H groups in total. The zero-order valence-corrected chi connectivity index (χ0v) is 15.6. The summed E-state index contributed by atoms with van der Waals surface area (Å²) in [6, 6.07) is 13.8. The molecule has 2 aromatic rings. The molecule has 2 rings (SSSR count). The van der Waals surface area contributed by atoms with Gasteiger partial charge in [-0.15, -0.1) is 0 Å². The first kappa shape index (κ1) is 19.1. The van der Waals surface area contributed by atoms with Crippen LogP contribution < -0.4 is 19.9 Å². The van der Waals surface area contributed by atoms with Crippen LogP contribution >= 0.6 is 0 Å². The fourth-order valence-corrected chi connectivity index (χ4v) is 2.69. The fourth-order valence-electron chi connectivity index (χ4n) is 2.69. The lowest BCUT2D eigenvalue weighted by Crippen LogP contribution is -2.13. The van der Waals surface area contributed by atoms with Crippen LogP contribution in [-0.2, 0) is 6.61 Å². The first-order valence-electron chi connectivity index (χ1n) is 8.73. The number of methoxy groups -OCH3 is 2. The highest BCUT2D eigenvalue weighted by Crippen LogP contribution is 2.38. The maximum Gasteiger partial charge on any atom is 0.164 e. The number of nitrogens with two attached hydrogens (primary N) is 1. The predicted molar refractivity (Wildman–Crippen MR) is 101 cm³/mol. The fraction of sp³-hybridized carbons (Fsp3) is 0.429. The normalized spacial score (nSPS) is 12.1. The number of ether oxygens (including phenoxy) is 3. The summed E-state index contributed by atoms with van der Waals surface area (Å²) in [6.45, 7) is 4.89. The van der Waals surface area contributed by atoms with E-state index in [0.717, 1.165) is 29.7 Å². The summed E-state index contributed by atoms with van der Waals surface area (Å²) in [5, 5.41) is 0. The molecule has 0 saturated heterocycles. The Balaban J connectivity index is 2.27. The van der Waals surface area contributed by atoms with Crippen molar-refractivity contribution in [2.75, 3.05) is 14.2 Å². The van der Waals surface area contributed by atoms with Gasteiger partial charge >= 0.3 is 0 Å². The van der Waals surface area contributed by atoms with Crippen LogP contribution in [0.3, 0.4) is 0 Å². The molecule has 0 unspecified atom stereocenters. The van der Waals surface area contributed by atoms with Crippen LogP contribution in [0, 0.1) is 5.92 Å². The Labute approximate surface area is 150 Å². The van der Waals surface area contributed by atoms with E-state index in [-0.39, 0.29) is 6.04 Å². The molecule has 0 saturated carbocycles. The molecule has 0 radical (unpaired) electrons. The summed E-state index contributed by atoms with van der Waals surface area (Å²) in [4.78, 5) is 0. The van der Waals surface area contributed by atoms with Gasteiger partial charge in [-0.25, -0.2) is 0 Å². The van der Waals surface area contributed by atoms with E-state index in [0.29, 0.717) is 24.0 Å². The van der Waals surface area contributed by atoms with E-state index < -0.39 is 0 Å². The molecule has 25 heavy (non-hydrogen) atoms. The number of rotatable bonds is 9. The molecule has 136 valence electrons. The van der Waals surface area contributed by atoms with Gasteiger partial charge in [0.05, 0.1) is 14.2 Å². The molecule has 0 aliphatic heterocycles. The van der Waals surface area contributed by atoms with Crippen LogP contribution in [0.2, 0.25) is 0 Å². The van der Waals surface area contributed by atoms with Crippen molar-refractivity contribution in [3.05, 3.63) is 53.6 Å². The molecule has 4 nitrogen and oxygen atoms in total. The van der Waals surface area contributed by atoms with E-state index in [1.54, 1.807) is 14.2 Å². The van der Waals surface area contributed by atoms with Gasteiger partial charge in [0.2, 0.25) is 0 Å². The monoisotopic (exact) mass is 343 g/mol. The van der Waals surface area contributed by atoms with Crippen molar-refractivity contribution in [3.63, 3.8) is 0 Å². The van der Waals surface area contributed by atoms with Crippen molar-refractivity contribution in [3.8, 4) is 17.2 Å². The highest BCUT2D eigenvalue weighted by Gasteiger charge is 2.18. The second-order valence-electron chi connectivity index (χ2n) is 6.60. The van der Waals surface area contributed by atoms with E-state index in [4.69, 9.17) is 19.9 Å². The average molecular weight is 343 g/mol. The number of hydrogen-bond donors (Lipinski definition) is 1. The minimum Gasteiger partial charge on any atom is -0.493 e. The molecule has 2 aromatic carbocycles. The maximum atomic E-state index is 6.45. The van der Waals surface area contributed by atoms with E-state index >= 15 is 0 Å². The second-order valence-corrected chi connectivity index (χ2v) is 6.60. The Bertz CT molecular complexity index is 656. The summed E-state index contributed by atoms with van der Waals surface area (Å²) >= 11 is 0. The van der Waals surface area contributed by atoms with Gasteiger partial charge in [-0.05, 0) is 30.4 Å². The lowest BCUT2D eigenvalue weighted by molar-refractivity contribution is 0.293. The molecule has 4 heteroatoms. The van der Waals surface area contributed by atoms with Gasteiger partial charge in [0.25, 0.3) is 0 Å². The van der Waals surface area contributed by atoms with Crippen molar-refractivity contribution >= 4 is 0 Å². The SMILES string of the molecule is COc1cc(OCc2ccccc2)c([C@@H](N)CCC(C)C)cc1OC. The van der Waals surface area contributed by atoms with Gasteiger partial charge in [-0.3, -0.25) is 0 Å². The molecule has 0 amide bonds. The number of benzene rings is 2. The molecule has 0 heterocycles. The Morgan fingerprint density at radius 2 is 1.52 bits per heavy atom. The molecule has 0 aliphatic carbocycles. The summed E-state index contributed by atoms with van der Waals surface area (Å²) in [7, 11) is 3.25. The van der Waals surface area contributed by atoms with Gasteiger partial charge in [0, 0.05) is 17.7 Å². The van der Waals surface area contributed by atoms with Crippen LogP contribution in [0.15, 0.2) is 42.5 Å². The Morgan fingerprint density at radius 1 is 0.880 bits per heavy atom. The zero-order chi connectivity index (χ0) is 18.2. The third-order valence-corrected chi connectivity index (χ3v) is 4.21. The highest BCUT2D eigenvalue weighted by atomic mass is 16.5.